The van der Waals surface area contributed by atoms with Crippen LogP contribution >= 0.6 is 12.4 Å². The molecule has 182 valence electrons. The van der Waals surface area contributed by atoms with Crippen molar-refractivity contribution in [1.29, 1.82) is 0 Å². The molecule has 6 heteroatoms. The number of nitrogens with zero attached hydrogens (tertiary/aromatic N) is 2. The number of aromatic nitrogens is 2. The van der Waals surface area contributed by atoms with Gasteiger partial charge >= 0.3 is 0 Å². The molecule has 4 aromatic rings. The van der Waals surface area contributed by atoms with E-state index in [2.05, 4.69) is 82.9 Å². The number of piperidine rings is 1. The Morgan fingerprint density at radius 2 is 1.89 bits per heavy atom. The minimum atomic E-state index is -0.0367. The Bertz CT molecular complexity index is 1260. The lowest BCUT2D eigenvalue weighted by Crippen LogP contribution is -2.43. The predicted octanol–water partition coefficient (Wildman–Crippen LogP) is 5.21. The highest BCUT2D eigenvalue weighted by atomic mass is 35.5. The first-order valence-corrected chi connectivity index (χ1v) is 12.2. The van der Waals surface area contributed by atoms with Crippen LogP contribution in [-0.4, -0.2) is 34.6 Å². The van der Waals surface area contributed by atoms with Gasteiger partial charge in [0.2, 0.25) is 5.91 Å². The number of fused-ring (bicyclic) bond motifs is 1. The maximum absolute atomic E-state index is 13.2. The number of halogens is 1. The fraction of sp³-hybridized carbons (Fsp3) is 0.310. The van der Waals surface area contributed by atoms with Crippen molar-refractivity contribution in [2.45, 2.75) is 44.7 Å². The van der Waals surface area contributed by atoms with Crippen LogP contribution in [0.15, 0.2) is 79.1 Å². The summed E-state index contributed by atoms with van der Waals surface area (Å²) in [7, 11) is 0. The van der Waals surface area contributed by atoms with Crippen LogP contribution in [0, 0.1) is 6.92 Å². The first-order chi connectivity index (χ1) is 16.7. The quantitative estimate of drug-likeness (QED) is 0.375. The lowest BCUT2D eigenvalue weighted by Gasteiger charge is -2.25. The molecule has 1 atom stereocenters. The van der Waals surface area contributed by atoms with Gasteiger partial charge in [-0.2, -0.15) is 0 Å². The Kier molecular flexibility index (Phi) is 8.21. The average Bonchev–Trinajstić information content (AvgIpc) is 3.22. The van der Waals surface area contributed by atoms with Gasteiger partial charge in [0.05, 0.1) is 0 Å². The number of hydrogen-bond donors (Lipinski definition) is 2. The van der Waals surface area contributed by atoms with Crippen LogP contribution in [-0.2, 0) is 11.3 Å². The number of carbonyl (C=O) groups excluding carboxylic acids is 1. The highest BCUT2D eigenvalue weighted by Gasteiger charge is 2.25. The van der Waals surface area contributed by atoms with Crippen LogP contribution < -0.4 is 10.6 Å². The summed E-state index contributed by atoms with van der Waals surface area (Å²) in [4.78, 5) is 18.0. The minimum absolute atomic E-state index is 0. The Balaban J connectivity index is 0.00000289. The third-order valence-corrected chi connectivity index (χ3v) is 6.77. The summed E-state index contributed by atoms with van der Waals surface area (Å²) >= 11 is 0. The van der Waals surface area contributed by atoms with Gasteiger partial charge < -0.3 is 15.2 Å². The van der Waals surface area contributed by atoms with Gasteiger partial charge in [-0.25, -0.2) is 4.98 Å². The van der Waals surface area contributed by atoms with Crippen molar-refractivity contribution in [3.05, 3.63) is 101 Å². The van der Waals surface area contributed by atoms with E-state index in [-0.39, 0.29) is 30.3 Å². The van der Waals surface area contributed by atoms with Gasteiger partial charge in [-0.1, -0.05) is 60.2 Å². The molecular formula is C29H33ClN4O. The predicted molar refractivity (Wildman–Crippen MR) is 144 cm³/mol. The van der Waals surface area contributed by atoms with Gasteiger partial charge in [0.25, 0.3) is 0 Å². The van der Waals surface area contributed by atoms with Crippen LogP contribution in [0.3, 0.4) is 0 Å². The van der Waals surface area contributed by atoms with Crippen molar-refractivity contribution in [2.75, 3.05) is 13.1 Å². The molecule has 5 rings (SSSR count). The van der Waals surface area contributed by atoms with Crippen molar-refractivity contribution < 1.29 is 4.79 Å². The lowest BCUT2D eigenvalue weighted by molar-refractivity contribution is -0.122. The molecule has 2 aromatic heterocycles. The number of pyridine rings is 1. The molecule has 1 unspecified atom stereocenters. The number of hydrogen-bond acceptors (Lipinski definition) is 3. The normalized spacial score (nSPS) is 14.9. The second-order valence-corrected chi connectivity index (χ2v) is 9.34. The van der Waals surface area contributed by atoms with E-state index in [1.165, 1.54) is 16.7 Å². The molecule has 1 amide bonds. The van der Waals surface area contributed by atoms with Gasteiger partial charge in [0.15, 0.2) is 0 Å². The van der Waals surface area contributed by atoms with E-state index in [9.17, 15) is 4.79 Å². The van der Waals surface area contributed by atoms with E-state index in [0.29, 0.717) is 6.42 Å². The Hall–Kier alpha value is -3.15. The van der Waals surface area contributed by atoms with E-state index in [1.54, 1.807) is 0 Å². The molecule has 1 aliphatic heterocycles. The summed E-state index contributed by atoms with van der Waals surface area (Å²) in [6.45, 7) is 4.78. The highest BCUT2D eigenvalue weighted by molar-refractivity contribution is 5.85. The molecule has 0 saturated carbocycles. The van der Waals surface area contributed by atoms with Gasteiger partial charge in [-0.05, 0) is 61.7 Å². The summed E-state index contributed by atoms with van der Waals surface area (Å²) in [5, 5.41) is 7.78. The minimum Gasteiger partial charge on any atom is -0.353 e. The monoisotopic (exact) mass is 488 g/mol. The third kappa shape index (κ3) is 5.92. The molecular weight excluding hydrogens is 456 g/mol. The number of amides is 1. The van der Waals surface area contributed by atoms with E-state index in [0.717, 1.165) is 49.1 Å². The van der Waals surface area contributed by atoms with E-state index in [1.807, 2.05) is 18.3 Å². The standard InChI is InChI=1S/C29H32N4O.ClH/c1-21-7-5-10-23(17-21)26(18-28(34)32-24-12-15-30-16-13-24)27-20-33(19-22-8-3-2-4-9-22)29-25(27)11-6-14-31-29;/h2-11,14,17,20,24,26,30H,12-13,15-16,18-19H2,1H3,(H,32,34);1H. The summed E-state index contributed by atoms with van der Waals surface area (Å²) in [6, 6.07) is 23.4. The third-order valence-electron chi connectivity index (χ3n) is 6.77. The molecule has 2 N–H and O–H groups in total. The van der Waals surface area contributed by atoms with Crippen LogP contribution in [0.2, 0.25) is 0 Å². The van der Waals surface area contributed by atoms with Gasteiger partial charge in [-0.3, -0.25) is 4.79 Å². The Morgan fingerprint density at radius 1 is 1.09 bits per heavy atom. The van der Waals surface area contributed by atoms with Gasteiger partial charge in [-0.15, -0.1) is 12.4 Å². The van der Waals surface area contributed by atoms with Crippen LogP contribution in [0.4, 0.5) is 0 Å². The summed E-state index contributed by atoms with van der Waals surface area (Å²) < 4.78 is 2.22. The molecule has 0 bridgehead atoms. The molecule has 3 heterocycles. The van der Waals surface area contributed by atoms with Crippen LogP contribution in [0.1, 0.15) is 47.4 Å². The molecule has 1 fully saturated rings. The maximum atomic E-state index is 13.2. The fourth-order valence-electron chi connectivity index (χ4n) is 5.06. The van der Waals surface area contributed by atoms with Crippen molar-refractivity contribution >= 4 is 29.3 Å². The van der Waals surface area contributed by atoms with Gasteiger partial charge in [0, 0.05) is 42.7 Å². The van der Waals surface area contributed by atoms with Crippen molar-refractivity contribution in [3.8, 4) is 0 Å². The number of rotatable bonds is 7. The SMILES string of the molecule is Cc1cccc(C(CC(=O)NC2CCNCC2)c2cn(Cc3ccccc3)c3ncccc23)c1.Cl. The number of benzene rings is 2. The summed E-state index contributed by atoms with van der Waals surface area (Å²) in [5.74, 6) is 0.0802. The molecule has 0 aliphatic carbocycles. The smallest absolute Gasteiger partial charge is 0.221 e. The average molecular weight is 489 g/mol. The van der Waals surface area contributed by atoms with E-state index >= 15 is 0 Å². The van der Waals surface area contributed by atoms with Crippen molar-refractivity contribution in [1.82, 2.24) is 20.2 Å². The number of carbonyl (C=O) groups is 1. The van der Waals surface area contributed by atoms with Crippen LogP contribution in [0.25, 0.3) is 11.0 Å². The highest BCUT2D eigenvalue weighted by Crippen LogP contribution is 2.35. The fourth-order valence-corrected chi connectivity index (χ4v) is 5.06. The topological polar surface area (TPSA) is 59.0 Å². The zero-order valence-corrected chi connectivity index (χ0v) is 20.9. The molecule has 5 nitrogen and oxygen atoms in total. The van der Waals surface area contributed by atoms with E-state index < -0.39 is 0 Å². The largest absolute Gasteiger partial charge is 0.353 e. The molecule has 2 aromatic carbocycles. The second-order valence-electron chi connectivity index (χ2n) is 9.34. The Labute approximate surface area is 213 Å². The van der Waals surface area contributed by atoms with E-state index in [4.69, 9.17) is 4.98 Å². The zero-order valence-electron chi connectivity index (χ0n) is 20.1. The molecule has 0 spiro atoms. The number of nitrogens with one attached hydrogen (secondary N) is 2. The van der Waals surface area contributed by atoms with Crippen molar-refractivity contribution in [2.24, 2.45) is 0 Å². The zero-order chi connectivity index (χ0) is 23.3. The first kappa shape index (κ1) is 25.0. The molecule has 1 saturated heterocycles. The van der Waals surface area contributed by atoms with Crippen molar-refractivity contribution in [3.63, 3.8) is 0 Å². The lowest BCUT2D eigenvalue weighted by atomic mass is 9.87. The maximum Gasteiger partial charge on any atom is 0.221 e. The second kappa shape index (κ2) is 11.5. The molecule has 0 radical (unpaired) electrons. The summed E-state index contributed by atoms with van der Waals surface area (Å²) in [5.41, 5.74) is 5.71. The van der Waals surface area contributed by atoms with Crippen LogP contribution in [0.5, 0.6) is 0 Å². The molecule has 1 aliphatic rings. The van der Waals surface area contributed by atoms with Gasteiger partial charge in [0.1, 0.15) is 5.65 Å². The first-order valence-electron chi connectivity index (χ1n) is 12.2. The number of aryl methyl sites for hydroxylation is 1. The summed E-state index contributed by atoms with van der Waals surface area (Å²) in [6.07, 6.45) is 6.45. The Morgan fingerprint density at radius 3 is 2.66 bits per heavy atom. The molecule has 35 heavy (non-hydrogen) atoms.